The van der Waals surface area contributed by atoms with Crippen LogP contribution in [0.4, 0.5) is 5.13 Å². The molecule has 0 spiro atoms. The van der Waals surface area contributed by atoms with Gasteiger partial charge in [-0.2, -0.15) is 0 Å². The largest absolute Gasteiger partial charge is 0.496 e. The predicted octanol–water partition coefficient (Wildman–Crippen LogP) is 5.70. The number of nitrogens with one attached hydrogen (secondary N) is 1. The Labute approximate surface area is 188 Å². The number of amides is 1. The molecule has 0 aliphatic rings. The number of hydrogen-bond acceptors (Lipinski definition) is 6. The Morgan fingerprint density at radius 2 is 1.87 bits per heavy atom. The van der Waals surface area contributed by atoms with Gasteiger partial charge in [-0.1, -0.05) is 53.3 Å². The van der Waals surface area contributed by atoms with Crippen molar-refractivity contribution < 1.29 is 14.3 Å². The van der Waals surface area contributed by atoms with E-state index in [1.165, 1.54) is 11.3 Å². The molecule has 1 amide bonds. The Morgan fingerprint density at radius 1 is 1.06 bits per heavy atom. The molecule has 8 heteroatoms. The summed E-state index contributed by atoms with van der Waals surface area (Å²) >= 11 is 7.15. The molecule has 1 N–H and O–H groups in total. The Morgan fingerprint density at radius 3 is 2.68 bits per heavy atom. The number of anilines is 1. The molecular weight excluding hydrogens is 434 g/mol. The standard InChI is InChI=1S/C23H18ClN3O3S/c1-29-20-5-3-2-4-17(20)19-12-25-11-10-18(19)22(28)27-23-26-13-21(31-23)30-14-15-6-8-16(24)9-7-15/h2-13H,14H2,1H3,(H,26,27,28). The molecule has 0 unspecified atom stereocenters. The first-order valence-corrected chi connectivity index (χ1v) is 10.6. The van der Waals surface area contributed by atoms with Crippen molar-refractivity contribution in [3.05, 3.63) is 89.3 Å². The number of ether oxygens (including phenoxy) is 2. The first-order valence-electron chi connectivity index (χ1n) is 9.36. The van der Waals surface area contributed by atoms with Crippen molar-refractivity contribution in [2.24, 2.45) is 0 Å². The van der Waals surface area contributed by atoms with Crippen molar-refractivity contribution in [1.82, 2.24) is 9.97 Å². The summed E-state index contributed by atoms with van der Waals surface area (Å²) in [6.45, 7) is 0.384. The smallest absolute Gasteiger partial charge is 0.258 e. The van der Waals surface area contributed by atoms with Crippen LogP contribution in [0.1, 0.15) is 15.9 Å². The average Bonchev–Trinajstić information content (AvgIpc) is 3.26. The SMILES string of the molecule is COc1ccccc1-c1cnccc1C(=O)Nc1ncc(OCc2ccc(Cl)cc2)s1. The van der Waals surface area contributed by atoms with E-state index < -0.39 is 0 Å². The van der Waals surface area contributed by atoms with Crippen LogP contribution in [0.25, 0.3) is 11.1 Å². The Hall–Kier alpha value is -3.42. The lowest BCUT2D eigenvalue weighted by Crippen LogP contribution is -2.13. The highest BCUT2D eigenvalue weighted by Gasteiger charge is 2.17. The lowest BCUT2D eigenvalue weighted by Gasteiger charge is -2.12. The first kappa shape index (κ1) is 20.8. The molecule has 0 fully saturated rings. The molecule has 0 saturated heterocycles. The van der Waals surface area contributed by atoms with Gasteiger partial charge >= 0.3 is 0 Å². The third kappa shape index (κ3) is 5.02. The van der Waals surface area contributed by atoms with Gasteiger partial charge in [0.1, 0.15) is 12.4 Å². The van der Waals surface area contributed by atoms with E-state index in [4.69, 9.17) is 21.1 Å². The molecule has 2 aromatic carbocycles. The predicted molar refractivity (Wildman–Crippen MR) is 122 cm³/mol. The number of aromatic nitrogens is 2. The minimum atomic E-state index is -0.290. The van der Waals surface area contributed by atoms with Gasteiger partial charge < -0.3 is 9.47 Å². The van der Waals surface area contributed by atoms with Crippen LogP contribution in [0.15, 0.2) is 73.2 Å². The molecule has 4 rings (SSSR count). The molecule has 4 aromatic rings. The lowest BCUT2D eigenvalue weighted by molar-refractivity contribution is 0.102. The highest BCUT2D eigenvalue weighted by molar-refractivity contribution is 7.17. The summed E-state index contributed by atoms with van der Waals surface area (Å²) in [6, 6.07) is 16.6. The normalized spacial score (nSPS) is 10.5. The summed E-state index contributed by atoms with van der Waals surface area (Å²) < 4.78 is 11.2. The van der Waals surface area contributed by atoms with Crippen molar-refractivity contribution >= 4 is 34.0 Å². The fourth-order valence-electron chi connectivity index (χ4n) is 2.96. The van der Waals surface area contributed by atoms with Gasteiger partial charge in [0.2, 0.25) is 0 Å². The molecule has 0 aliphatic heterocycles. The van der Waals surface area contributed by atoms with Gasteiger partial charge in [-0.25, -0.2) is 4.98 Å². The fourth-order valence-corrected chi connectivity index (χ4v) is 3.75. The topological polar surface area (TPSA) is 73.3 Å². The van der Waals surface area contributed by atoms with Crippen LogP contribution in [0.3, 0.4) is 0 Å². The summed E-state index contributed by atoms with van der Waals surface area (Å²) in [7, 11) is 1.59. The van der Waals surface area contributed by atoms with Crippen LogP contribution in [-0.4, -0.2) is 23.0 Å². The lowest BCUT2D eigenvalue weighted by atomic mass is 10.0. The first-order chi connectivity index (χ1) is 15.1. The number of pyridine rings is 1. The van der Waals surface area contributed by atoms with Crippen molar-refractivity contribution in [1.29, 1.82) is 0 Å². The van der Waals surface area contributed by atoms with Crippen molar-refractivity contribution in [2.45, 2.75) is 6.61 Å². The molecular formula is C23H18ClN3O3S. The summed E-state index contributed by atoms with van der Waals surface area (Å²) in [5.41, 5.74) is 2.92. The zero-order valence-electron chi connectivity index (χ0n) is 16.5. The third-order valence-corrected chi connectivity index (χ3v) is 5.54. The zero-order chi connectivity index (χ0) is 21.6. The number of para-hydroxylation sites is 1. The monoisotopic (exact) mass is 451 g/mol. The van der Waals surface area contributed by atoms with E-state index in [0.29, 0.717) is 38.7 Å². The van der Waals surface area contributed by atoms with Crippen LogP contribution < -0.4 is 14.8 Å². The van der Waals surface area contributed by atoms with Crippen molar-refractivity contribution in [3.8, 4) is 21.9 Å². The molecule has 0 bridgehead atoms. The van der Waals surface area contributed by atoms with Crippen molar-refractivity contribution in [2.75, 3.05) is 12.4 Å². The maximum absolute atomic E-state index is 13.0. The van der Waals surface area contributed by atoms with Crippen LogP contribution >= 0.6 is 22.9 Å². The maximum Gasteiger partial charge on any atom is 0.258 e. The molecule has 6 nitrogen and oxygen atoms in total. The van der Waals surface area contributed by atoms with E-state index in [9.17, 15) is 4.79 Å². The Balaban J connectivity index is 1.48. The summed E-state index contributed by atoms with van der Waals surface area (Å²) in [5, 5.41) is 4.56. The van der Waals surface area contributed by atoms with Gasteiger partial charge in [-0.05, 0) is 29.8 Å². The number of hydrogen-bond donors (Lipinski definition) is 1. The van der Waals surface area contributed by atoms with E-state index in [0.717, 1.165) is 11.1 Å². The zero-order valence-corrected chi connectivity index (χ0v) is 18.1. The van der Waals surface area contributed by atoms with Gasteiger partial charge in [0.15, 0.2) is 10.2 Å². The molecule has 0 atom stereocenters. The summed E-state index contributed by atoms with van der Waals surface area (Å²) in [4.78, 5) is 21.4. The molecule has 0 saturated carbocycles. The second kappa shape index (κ2) is 9.59. The number of benzene rings is 2. The van der Waals surface area contributed by atoms with Gasteiger partial charge in [0.25, 0.3) is 5.91 Å². The number of rotatable bonds is 7. The van der Waals surface area contributed by atoms with Crippen LogP contribution in [-0.2, 0) is 6.61 Å². The van der Waals surface area contributed by atoms with E-state index >= 15 is 0 Å². The van der Waals surface area contributed by atoms with E-state index in [1.807, 2.05) is 48.5 Å². The average molecular weight is 452 g/mol. The highest BCUT2D eigenvalue weighted by Crippen LogP contribution is 2.32. The number of methoxy groups -OCH3 is 1. The number of carbonyl (C=O) groups excluding carboxylic acids is 1. The second-order valence-corrected chi connectivity index (χ2v) is 7.90. The molecule has 31 heavy (non-hydrogen) atoms. The molecule has 2 aromatic heterocycles. The minimum Gasteiger partial charge on any atom is -0.496 e. The number of nitrogens with zero attached hydrogens (tertiary/aromatic N) is 2. The van der Waals surface area contributed by atoms with Crippen LogP contribution in [0.2, 0.25) is 5.02 Å². The fraction of sp³-hybridized carbons (Fsp3) is 0.0870. The molecule has 2 heterocycles. The molecule has 0 radical (unpaired) electrons. The number of thiazole rings is 1. The van der Waals surface area contributed by atoms with E-state index in [2.05, 4.69) is 15.3 Å². The maximum atomic E-state index is 13.0. The van der Waals surface area contributed by atoms with Gasteiger partial charge in [-0.15, -0.1) is 0 Å². The minimum absolute atomic E-state index is 0.290. The van der Waals surface area contributed by atoms with Gasteiger partial charge in [0.05, 0.1) is 18.9 Å². The van der Waals surface area contributed by atoms with Crippen molar-refractivity contribution in [3.63, 3.8) is 0 Å². The number of halogens is 1. The quantitative estimate of drug-likeness (QED) is 0.390. The van der Waals surface area contributed by atoms with E-state index in [1.54, 1.807) is 31.8 Å². The third-order valence-electron chi connectivity index (χ3n) is 4.46. The highest BCUT2D eigenvalue weighted by atomic mass is 35.5. The molecule has 0 aliphatic carbocycles. The second-order valence-electron chi connectivity index (χ2n) is 6.48. The van der Waals surface area contributed by atoms with Crippen LogP contribution in [0.5, 0.6) is 10.8 Å². The van der Waals surface area contributed by atoms with Crippen LogP contribution in [0, 0.1) is 0 Å². The summed E-state index contributed by atoms with van der Waals surface area (Å²) in [6.07, 6.45) is 4.81. The Bertz CT molecular complexity index is 1190. The van der Waals surface area contributed by atoms with Gasteiger partial charge in [-0.3, -0.25) is 15.1 Å². The van der Waals surface area contributed by atoms with E-state index in [-0.39, 0.29) is 5.91 Å². The Kier molecular flexibility index (Phi) is 6.45. The summed E-state index contributed by atoms with van der Waals surface area (Å²) in [5.74, 6) is 0.374. The number of carbonyl (C=O) groups is 1. The molecule has 156 valence electrons. The van der Waals surface area contributed by atoms with Gasteiger partial charge in [0, 0.05) is 28.5 Å².